The summed E-state index contributed by atoms with van der Waals surface area (Å²) in [6.45, 7) is 0. The van der Waals surface area contributed by atoms with Gasteiger partial charge in [0.25, 0.3) is 0 Å². The van der Waals surface area contributed by atoms with Crippen LogP contribution in [0.4, 0.5) is 8.78 Å². The van der Waals surface area contributed by atoms with E-state index in [0.717, 1.165) is 0 Å². The van der Waals surface area contributed by atoms with E-state index in [2.05, 4.69) is 47.4 Å². The van der Waals surface area contributed by atoms with Gasteiger partial charge in [0.1, 0.15) is 0 Å². The Balaban J connectivity index is 1.80. The molecule has 0 bridgehead atoms. The zero-order valence-electron chi connectivity index (χ0n) is 21.3. The summed E-state index contributed by atoms with van der Waals surface area (Å²) in [5.74, 6) is 21.5. The Hall–Kier alpha value is -5.80. The predicted octanol–water partition coefficient (Wildman–Crippen LogP) is 7.56. The van der Waals surface area contributed by atoms with E-state index in [1.54, 1.807) is 24.3 Å². The lowest BCUT2D eigenvalue weighted by atomic mass is 9.94. The first kappa shape index (κ1) is 25.8. The minimum absolute atomic E-state index is 0.160. The van der Waals surface area contributed by atoms with Crippen molar-refractivity contribution in [1.82, 2.24) is 0 Å². The van der Waals surface area contributed by atoms with Crippen LogP contribution in [0, 0.1) is 59.0 Å². The summed E-state index contributed by atoms with van der Waals surface area (Å²) in [6.07, 6.45) is 0. The van der Waals surface area contributed by atoms with Crippen LogP contribution in [0.15, 0.2) is 121 Å². The van der Waals surface area contributed by atoms with Gasteiger partial charge in [0.2, 0.25) is 0 Å². The maximum absolute atomic E-state index is 15.8. The molecule has 0 unspecified atom stereocenters. The van der Waals surface area contributed by atoms with Crippen LogP contribution < -0.4 is 0 Å². The highest BCUT2D eigenvalue weighted by atomic mass is 19.2. The fraction of sp³-hybridized carbons (Fsp3) is 0. The molecule has 0 N–H and O–H groups in total. The van der Waals surface area contributed by atoms with Crippen LogP contribution in [0.25, 0.3) is 0 Å². The van der Waals surface area contributed by atoms with Crippen LogP contribution >= 0.6 is 0 Å². The van der Waals surface area contributed by atoms with Crippen molar-refractivity contribution >= 4 is 0 Å². The van der Waals surface area contributed by atoms with Gasteiger partial charge in [-0.15, -0.1) is 0 Å². The van der Waals surface area contributed by atoms with Gasteiger partial charge in [0, 0.05) is 22.3 Å². The molecular formula is C38H20F2. The molecule has 0 heterocycles. The van der Waals surface area contributed by atoms with Crippen LogP contribution in [0.5, 0.6) is 0 Å². The van der Waals surface area contributed by atoms with Gasteiger partial charge in [-0.3, -0.25) is 0 Å². The highest BCUT2D eigenvalue weighted by molar-refractivity contribution is 5.69. The van der Waals surface area contributed by atoms with Crippen LogP contribution in [-0.2, 0) is 0 Å². The van der Waals surface area contributed by atoms with Gasteiger partial charge in [-0.05, 0) is 48.5 Å². The lowest BCUT2D eigenvalue weighted by Gasteiger charge is -2.09. The second-order valence-corrected chi connectivity index (χ2v) is 8.59. The lowest BCUT2D eigenvalue weighted by Crippen LogP contribution is -2.05. The van der Waals surface area contributed by atoms with Gasteiger partial charge >= 0.3 is 0 Å². The molecule has 5 aromatic rings. The van der Waals surface area contributed by atoms with E-state index in [4.69, 9.17) is 0 Å². The Kier molecular flexibility index (Phi) is 8.16. The third kappa shape index (κ3) is 6.36. The molecule has 0 aliphatic carbocycles. The standard InChI is InChI=1S/C38H20F2/c39-37-35(27-23-31-17-9-3-10-18-31)33(25-21-29-13-5-1-6-14-29)34(26-22-30-15-7-2-8-16-30)36(38(37)40)28-24-32-19-11-4-12-20-32/h1-20H. The number of hydrogen-bond donors (Lipinski definition) is 0. The maximum Gasteiger partial charge on any atom is 0.177 e. The number of rotatable bonds is 0. The van der Waals surface area contributed by atoms with E-state index in [-0.39, 0.29) is 22.3 Å². The second kappa shape index (κ2) is 12.6. The number of halogens is 2. The molecule has 5 rings (SSSR count). The van der Waals surface area contributed by atoms with Crippen molar-refractivity contribution < 1.29 is 8.78 Å². The first-order valence-electron chi connectivity index (χ1n) is 12.5. The summed E-state index contributed by atoms with van der Waals surface area (Å²) < 4.78 is 31.5. The predicted molar refractivity (Wildman–Crippen MR) is 156 cm³/mol. The first-order chi connectivity index (χ1) is 19.7. The lowest BCUT2D eigenvalue weighted by molar-refractivity contribution is 0.503. The van der Waals surface area contributed by atoms with Gasteiger partial charge in [-0.1, -0.05) is 120 Å². The van der Waals surface area contributed by atoms with Crippen molar-refractivity contribution in [2.75, 3.05) is 0 Å². The molecule has 0 saturated heterocycles. The summed E-state index contributed by atoms with van der Waals surface area (Å²) in [5, 5.41) is 0. The van der Waals surface area contributed by atoms with Crippen molar-refractivity contribution in [3.8, 4) is 47.4 Å². The molecule has 186 valence electrons. The monoisotopic (exact) mass is 514 g/mol. The van der Waals surface area contributed by atoms with Crippen molar-refractivity contribution in [1.29, 1.82) is 0 Å². The molecular weight excluding hydrogens is 494 g/mol. The van der Waals surface area contributed by atoms with E-state index in [1.165, 1.54) is 0 Å². The average Bonchev–Trinajstić information content (AvgIpc) is 3.01. The Morgan fingerprint density at radius 3 is 0.750 bits per heavy atom. The van der Waals surface area contributed by atoms with Gasteiger partial charge in [0.05, 0.1) is 22.3 Å². The third-order valence-corrected chi connectivity index (χ3v) is 5.80. The Morgan fingerprint density at radius 2 is 0.500 bits per heavy atom. The van der Waals surface area contributed by atoms with Crippen molar-refractivity contribution in [3.63, 3.8) is 0 Å². The van der Waals surface area contributed by atoms with Crippen LogP contribution in [0.3, 0.4) is 0 Å². The Bertz CT molecular complexity index is 1750. The highest BCUT2D eigenvalue weighted by Gasteiger charge is 2.22. The topological polar surface area (TPSA) is 0 Å². The van der Waals surface area contributed by atoms with Crippen molar-refractivity contribution in [2.24, 2.45) is 0 Å². The summed E-state index contributed by atoms with van der Waals surface area (Å²) in [5.41, 5.74) is 2.81. The van der Waals surface area contributed by atoms with Crippen LogP contribution in [-0.4, -0.2) is 0 Å². The number of hydrogen-bond acceptors (Lipinski definition) is 0. The van der Waals surface area contributed by atoms with E-state index in [0.29, 0.717) is 22.3 Å². The SMILES string of the molecule is Fc1c(F)c(C#Cc2ccccc2)c(C#Cc2ccccc2)c(C#Cc2ccccc2)c1C#Cc1ccccc1. The first-order valence-corrected chi connectivity index (χ1v) is 12.5. The average molecular weight is 515 g/mol. The van der Waals surface area contributed by atoms with Gasteiger partial charge in [-0.25, -0.2) is 8.78 Å². The van der Waals surface area contributed by atoms with Crippen molar-refractivity contribution in [2.45, 2.75) is 0 Å². The summed E-state index contributed by atoms with van der Waals surface area (Å²) >= 11 is 0. The van der Waals surface area contributed by atoms with E-state index in [9.17, 15) is 0 Å². The molecule has 0 saturated carbocycles. The number of benzene rings is 5. The molecule has 40 heavy (non-hydrogen) atoms. The zero-order chi connectivity index (χ0) is 27.6. The van der Waals surface area contributed by atoms with Crippen molar-refractivity contribution in [3.05, 3.63) is 177 Å². The largest absolute Gasteiger partial charge is 0.202 e. The zero-order valence-corrected chi connectivity index (χ0v) is 21.3. The molecule has 0 aliphatic heterocycles. The van der Waals surface area contributed by atoms with Gasteiger partial charge < -0.3 is 0 Å². The summed E-state index contributed by atoms with van der Waals surface area (Å²) in [7, 11) is 0. The maximum atomic E-state index is 15.8. The van der Waals surface area contributed by atoms with Crippen LogP contribution in [0.2, 0.25) is 0 Å². The molecule has 5 aromatic carbocycles. The second-order valence-electron chi connectivity index (χ2n) is 8.59. The minimum Gasteiger partial charge on any atom is -0.202 e. The van der Waals surface area contributed by atoms with Crippen LogP contribution in [0.1, 0.15) is 44.5 Å². The highest BCUT2D eigenvalue weighted by Crippen LogP contribution is 2.25. The minimum atomic E-state index is -1.11. The van der Waals surface area contributed by atoms with Gasteiger partial charge in [0.15, 0.2) is 11.6 Å². The third-order valence-electron chi connectivity index (χ3n) is 5.80. The molecule has 2 heteroatoms. The summed E-state index contributed by atoms with van der Waals surface area (Å²) in [6, 6.07) is 36.8. The smallest absolute Gasteiger partial charge is 0.177 e. The molecule has 0 aliphatic rings. The fourth-order valence-corrected chi connectivity index (χ4v) is 3.80. The van der Waals surface area contributed by atoms with E-state index >= 15 is 8.78 Å². The quantitative estimate of drug-likeness (QED) is 0.187. The molecule has 0 fully saturated rings. The molecule has 0 spiro atoms. The normalized spacial score (nSPS) is 9.45. The molecule has 0 amide bonds. The molecule has 0 radical (unpaired) electrons. The molecule has 0 atom stereocenters. The molecule has 0 aromatic heterocycles. The van der Waals surface area contributed by atoms with Gasteiger partial charge in [-0.2, -0.15) is 0 Å². The fourth-order valence-electron chi connectivity index (χ4n) is 3.80. The Morgan fingerprint density at radius 1 is 0.275 bits per heavy atom. The molecule has 0 nitrogen and oxygen atoms in total. The Labute approximate surface area is 233 Å². The van der Waals surface area contributed by atoms with E-state index in [1.807, 2.05) is 97.1 Å². The summed E-state index contributed by atoms with van der Waals surface area (Å²) in [4.78, 5) is 0. The van der Waals surface area contributed by atoms with E-state index < -0.39 is 11.6 Å².